The zero-order chi connectivity index (χ0) is 13.5. The highest BCUT2D eigenvalue weighted by molar-refractivity contribution is 5.73. The number of hydrogen-bond acceptors (Lipinski definition) is 3. The Morgan fingerprint density at radius 3 is 2.39 bits per heavy atom. The molecular formula is C14H21NO3. The summed E-state index contributed by atoms with van der Waals surface area (Å²) in [6.07, 6.45) is 1.48. The Kier molecular flexibility index (Phi) is 5.65. The molecule has 4 heteroatoms. The van der Waals surface area contributed by atoms with E-state index in [-0.39, 0.29) is 6.10 Å². The van der Waals surface area contributed by atoms with Gasteiger partial charge in [-0.3, -0.25) is 4.79 Å². The van der Waals surface area contributed by atoms with Crippen molar-refractivity contribution >= 4 is 5.97 Å². The normalized spacial score (nSPS) is 12.4. The number of nitrogens with one attached hydrogen (secondary N) is 1. The molecule has 0 aromatic heterocycles. The molecule has 0 aliphatic heterocycles. The van der Waals surface area contributed by atoms with Crippen molar-refractivity contribution in [2.24, 2.45) is 0 Å². The molecule has 0 radical (unpaired) electrons. The van der Waals surface area contributed by atoms with Crippen LogP contribution in [0.3, 0.4) is 0 Å². The number of carboxylic acid groups (broad SMARTS) is 1. The second-order valence-corrected chi connectivity index (χ2v) is 4.53. The largest absolute Gasteiger partial charge is 0.491 e. The van der Waals surface area contributed by atoms with Gasteiger partial charge in [0.05, 0.1) is 6.10 Å². The molecule has 1 aromatic rings. The van der Waals surface area contributed by atoms with E-state index < -0.39 is 12.0 Å². The number of ether oxygens (including phenoxy) is 1. The first-order chi connectivity index (χ1) is 8.52. The lowest BCUT2D eigenvalue weighted by Crippen LogP contribution is -2.34. The van der Waals surface area contributed by atoms with Crippen molar-refractivity contribution in [3.63, 3.8) is 0 Å². The van der Waals surface area contributed by atoms with Gasteiger partial charge in [-0.2, -0.15) is 0 Å². The van der Waals surface area contributed by atoms with Gasteiger partial charge >= 0.3 is 5.97 Å². The van der Waals surface area contributed by atoms with Gasteiger partial charge in [0.1, 0.15) is 11.8 Å². The average molecular weight is 251 g/mol. The predicted molar refractivity (Wildman–Crippen MR) is 71.0 cm³/mol. The lowest BCUT2D eigenvalue weighted by Gasteiger charge is -2.12. The minimum absolute atomic E-state index is 0.163. The van der Waals surface area contributed by atoms with Gasteiger partial charge in [-0.1, -0.05) is 12.1 Å². The SMILES string of the molecule is CNC(CCc1ccc(OC(C)C)cc1)C(=O)O. The molecule has 2 N–H and O–H groups in total. The summed E-state index contributed by atoms with van der Waals surface area (Å²) in [5.41, 5.74) is 1.12. The fourth-order valence-electron chi connectivity index (χ4n) is 1.71. The van der Waals surface area contributed by atoms with Gasteiger partial charge in [0.15, 0.2) is 0 Å². The first-order valence-corrected chi connectivity index (χ1v) is 6.18. The van der Waals surface area contributed by atoms with E-state index in [1.165, 1.54) is 0 Å². The summed E-state index contributed by atoms with van der Waals surface area (Å²) in [5, 5.41) is 11.7. The number of aryl methyl sites for hydroxylation is 1. The molecule has 1 rings (SSSR count). The first kappa shape index (κ1) is 14.5. The van der Waals surface area contributed by atoms with Gasteiger partial charge in [-0.25, -0.2) is 0 Å². The van der Waals surface area contributed by atoms with Gasteiger partial charge in [-0.05, 0) is 51.4 Å². The smallest absolute Gasteiger partial charge is 0.320 e. The summed E-state index contributed by atoms with van der Waals surface area (Å²) in [6.45, 7) is 3.97. The maximum atomic E-state index is 10.8. The molecule has 0 saturated carbocycles. The van der Waals surface area contributed by atoms with Crippen LogP contribution < -0.4 is 10.1 Å². The first-order valence-electron chi connectivity index (χ1n) is 6.18. The maximum Gasteiger partial charge on any atom is 0.320 e. The maximum absolute atomic E-state index is 10.8. The molecule has 0 heterocycles. The predicted octanol–water partition coefficient (Wildman–Crippen LogP) is 2.08. The second-order valence-electron chi connectivity index (χ2n) is 4.53. The molecule has 0 aliphatic rings. The van der Waals surface area contributed by atoms with Crippen molar-refractivity contribution in [1.82, 2.24) is 5.32 Å². The fraction of sp³-hybridized carbons (Fsp3) is 0.500. The number of benzene rings is 1. The molecule has 0 saturated heterocycles. The summed E-state index contributed by atoms with van der Waals surface area (Å²) in [5.74, 6) is 0.0365. The molecule has 18 heavy (non-hydrogen) atoms. The van der Waals surface area contributed by atoms with Crippen molar-refractivity contribution in [2.75, 3.05) is 7.05 Å². The van der Waals surface area contributed by atoms with E-state index in [1.54, 1.807) is 7.05 Å². The van der Waals surface area contributed by atoms with Crippen LogP contribution in [0.15, 0.2) is 24.3 Å². The van der Waals surface area contributed by atoms with E-state index in [1.807, 2.05) is 38.1 Å². The molecule has 100 valence electrons. The van der Waals surface area contributed by atoms with Crippen molar-refractivity contribution < 1.29 is 14.6 Å². The Hall–Kier alpha value is -1.55. The third-order valence-electron chi connectivity index (χ3n) is 2.66. The van der Waals surface area contributed by atoms with Crippen LogP contribution in [-0.4, -0.2) is 30.3 Å². The van der Waals surface area contributed by atoms with Crippen molar-refractivity contribution in [3.05, 3.63) is 29.8 Å². The zero-order valence-electron chi connectivity index (χ0n) is 11.1. The van der Waals surface area contributed by atoms with Crippen LogP contribution in [0.25, 0.3) is 0 Å². The number of likely N-dealkylation sites (N-methyl/N-ethyl adjacent to an activating group) is 1. The molecule has 0 aliphatic carbocycles. The summed E-state index contributed by atoms with van der Waals surface area (Å²) < 4.78 is 5.55. The van der Waals surface area contributed by atoms with E-state index in [9.17, 15) is 4.79 Å². The van der Waals surface area contributed by atoms with Gasteiger partial charge in [-0.15, -0.1) is 0 Å². The summed E-state index contributed by atoms with van der Waals surface area (Å²) in [7, 11) is 1.67. The summed E-state index contributed by atoms with van der Waals surface area (Å²) >= 11 is 0. The van der Waals surface area contributed by atoms with Crippen LogP contribution in [0.4, 0.5) is 0 Å². The third kappa shape index (κ3) is 4.75. The Morgan fingerprint density at radius 2 is 1.94 bits per heavy atom. The van der Waals surface area contributed by atoms with Crippen LogP contribution in [0.5, 0.6) is 5.75 Å². The van der Waals surface area contributed by atoms with Crippen LogP contribution in [-0.2, 0) is 11.2 Å². The Labute approximate surface area is 108 Å². The lowest BCUT2D eigenvalue weighted by molar-refractivity contribution is -0.139. The molecule has 0 amide bonds. The number of hydrogen-bond donors (Lipinski definition) is 2. The summed E-state index contributed by atoms with van der Waals surface area (Å²) in [4.78, 5) is 10.8. The van der Waals surface area contributed by atoms with Gasteiger partial charge < -0.3 is 15.2 Å². The molecule has 0 bridgehead atoms. The minimum Gasteiger partial charge on any atom is -0.491 e. The van der Waals surface area contributed by atoms with Gasteiger partial charge in [0, 0.05) is 0 Å². The average Bonchev–Trinajstić information content (AvgIpc) is 2.31. The zero-order valence-corrected chi connectivity index (χ0v) is 11.1. The third-order valence-corrected chi connectivity index (χ3v) is 2.66. The van der Waals surface area contributed by atoms with Crippen LogP contribution in [0.1, 0.15) is 25.8 Å². The number of aliphatic carboxylic acids is 1. The molecular weight excluding hydrogens is 230 g/mol. The van der Waals surface area contributed by atoms with Crippen LogP contribution in [0, 0.1) is 0 Å². The van der Waals surface area contributed by atoms with Gasteiger partial charge in [0.2, 0.25) is 0 Å². The topological polar surface area (TPSA) is 58.6 Å². The fourth-order valence-corrected chi connectivity index (χ4v) is 1.71. The van der Waals surface area contributed by atoms with Crippen molar-refractivity contribution in [1.29, 1.82) is 0 Å². The standard InChI is InChI=1S/C14H21NO3/c1-10(2)18-12-7-4-11(5-8-12)6-9-13(15-3)14(16)17/h4-5,7-8,10,13,15H,6,9H2,1-3H3,(H,16,17). The number of carboxylic acids is 1. The molecule has 0 fully saturated rings. The Bertz CT molecular complexity index is 373. The Morgan fingerprint density at radius 1 is 1.33 bits per heavy atom. The molecule has 1 aromatic carbocycles. The second kappa shape index (κ2) is 7.01. The van der Waals surface area contributed by atoms with E-state index in [2.05, 4.69) is 5.32 Å². The monoisotopic (exact) mass is 251 g/mol. The highest BCUT2D eigenvalue weighted by atomic mass is 16.5. The van der Waals surface area contributed by atoms with Crippen molar-refractivity contribution in [3.8, 4) is 5.75 Å². The van der Waals surface area contributed by atoms with E-state index in [4.69, 9.17) is 9.84 Å². The number of rotatable bonds is 7. The number of carbonyl (C=O) groups is 1. The minimum atomic E-state index is -0.808. The van der Waals surface area contributed by atoms with Crippen LogP contribution in [0.2, 0.25) is 0 Å². The summed E-state index contributed by atoms with van der Waals surface area (Å²) in [6, 6.07) is 7.31. The van der Waals surface area contributed by atoms with E-state index >= 15 is 0 Å². The highest BCUT2D eigenvalue weighted by Crippen LogP contribution is 2.15. The molecule has 1 unspecified atom stereocenters. The Balaban J connectivity index is 2.50. The van der Waals surface area contributed by atoms with Crippen LogP contribution >= 0.6 is 0 Å². The highest BCUT2D eigenvalue weighted by Gasteiger charge is 2.14. The lowest BCUT2D eigenvalue weighted by atomic mass is 10.1. The van der Waals surface area contributed by atoms with Crippen molar-refractivity contribution in [2.45, 2.75) is 38.8 Å². The van der Waals surface area contributed by atoms with E-state index in [0.717, 1.165) is 17.7 Å². The molecule has 1 atom stereocenters. The molecule has 0 spiro atoms. The quantitative estimate of drug-likeness (QED) is 0.779. The molecule has 4 nitrogen and oxygen atoms in total. The van der Waals surface area contributed by atoms with Gasteiger partial charge in [0.25, 0.3) is 0 Å². The van der Waals surface area contributed by atoms with E-state index in [0.29, 0.717) is 6.42 Å².